The largest absolute Gasteiger partial charge is 0.497 e. The van der Waals surface area contributed by atoms with Crippen molar-refractivity contribution in [3.63, 3.8) is 0 Å². The molecule has 0 spiro atoms. The van der Waals surface area contributed by atoms with E-state index in [1.54, 1.807) is 13.3 Å². The molecule has 0 saturated carbocycles. The maximum Gasteiger partial charge on any atom is 0.220 e. The summed E-state index contributed by atoms with van der Waals surface area (Å²) in [4.78, 5) is 20.6. The standard InChI is InChI=1S/C22H21N5O3/c1-29-18-7-5-16(6-8-18)19-13-24-21(30-19)10-9-20(28)23-12-15-3-2-4-17(11-15)22-25-14-26-27-22/h2-8,11,13-14H,9-10,12H2,1H3,(H,23,28)(H,25,26,27). The van der Waals surface area contributed by atoms with Crippen LogP contribution in [0.2, 0.25) is 0 Å². The Labute approximate surface area is 173 Å². The Bertz CT molecular complexity index is 1100. The molecule has 0 aliphatic carbocycles. The fourth-order valence-electron chi connectivity index (χ4n) is 3.00. The summed E-state index contributed by atoms with van der Waals surface area (Å²) in [6.07, 6.45) is 3.86. The highest BCUT2D eigenvalue weighted by atomic mass is 16.5. The molecule has 2 heterocycles. The lowest BCUT2D eigenvalue weighted by molar-refractivity contribution is -0.121. The number of oxazole rings is 1. The highest BCUT2D eigenvalue weighted by molar-refractivity contribution is 5.76. The summed E-state index contributed by atoms with van der Waals surface area (Å²) < 4.78 is 10.9. The molecule has 0 aliphatic heterocycles. The molecule has 0 unspecified atom stereocenters. The van der Waals surface area contributed by atoms with E-state index < -0.39 is 0 Å². The number of methoxy groups -OCH3 is 1. The predicted molar refractivity (Wildman–Crippen MR) is 110 cm³/mol. The van der Waals surface area contributed by atoms with Crippen molar-refractivity contribution in [3.05, 3.63) is 72.5 Å². The third-order valence-corrected chi connectivity index (χ3v) is 4.60. The van der Waals surface area contributed by atoms with Crippen molar-refractivity contribution in [1.29, 1.82) is 0 Å². The Morgan fingerprint density at radius 1 is 1.13 bits per heavy atom. The minimum absolute atomic E-state index is 0.0655. The van der Waals surface area contributed by atoms with Gasteiger partial charge in [0.2, 0.25) is 5.91 Å². The summed E-state index contributed by atoms with van der Waals surface area (Å²) >= 11 is 0. The molecular formula is C22H21N5O3. The Kier molecular flexibility index (Phi) is 5.84. The second kappa shape index (κ2) is 9.04. The van der Waals surface area contributed by atoms with Crippen LogP contribution in [-0.4, -0.2) is 33.2 Å². The van der Waals surface area contributed by atoms with Gasteiger partial charge in [-0.1, -0.05) is 18.2 Å². The molecule has 0 saturated heterocycles. The first-order chi connectivity index (χ1) is 14.7. The van der Waals surface area contributed by atoms with Gasteiger partial charge in [-0.15, -0.1) is 0 Å². The number of ether oxygens (including phenoxy) is 1. The van der Waals surface area contributed by atoms with Crippen molar-refractivity contribution in [3.8, 4) is 28.5 Å². The Morgan fingerprint density at radius 3 is 2.77 bits per heavy atom. The third kappa shape index (κ3) is 4.72. The molecule has 8 heteroatoms. The van der Waals surface area contributed by atoms with Crippen LogP contribution in [0.15, 0.2) is 65.5 Å². The number of aromatic nitrogens is 4. The highest BCUT2D eigenvalue weighted by Crippen LogP contribution is 2.23. The van der Waals surface area contributed by atoms with Crippen LogP contribution >= 0.6 is 0 Å². The number of nitrogens with one attached hydrogen (secondary N) is 2. The van der Waals surface area contributed by atoms with E-state index in [4.69, 9.17) is 9.15 Å². The van der Waals surface area contributed by atoms with Gasteiger partial charge < -0.3 is 14.5 Å². The summed E-state index contributed by atoms with van der Waals surface area (Å²) in [6, 6.07) is 15.3. The predicted octanol–water partition coefficient (Wildman–Crippen LogP) is 3.38. The van der Waals surface area contributed by atoms with Gasteiger partial charge in [0.25, 0.3) is 0 Å². The fourth-order valence-corrected chi connectivity index (χ4v) is 3.00. The molecule has 0 bridgehead atoms. The number of hydrogen-bond donors (Lipinski definition) is 2. The number of H-pyrrole nitrogens is 1. The van der Waals surface area contributed by atoms with Crippen molar-refractivity contribution in [2.24, 2.45) is 0 Å². The lowest BCUT2D eigenvalue weighted by atomic mass is 10.1. The van der Waals surface area contributed by atoms with Gasteiger partial charge in [-0.2, -0.15) is 5.10 Å². The van der Waals surface area contributed by atoms with Crippen LogP contribution in [0.4, 0.5) is 0 Å². The lowest BCUT2D eigenvalue weighted by Crippen LogP contribution is -2.23. The van der Waals surface area contributed by atoms with Crippen molar-refractivity contribution in [1.82, 2.24) is 25.5 Å². The van der Waals surface area contributed by atoms with Gasteiger partial charge in [0.1, 0.15) is 12.1 Å². The zero-order valence-corrected chi connectivity index (χ0v) is 16.5. The summed E-state index contributed by atoms with van der Waals surface area (Å²) in [7, 11) is 1.62. The molecule has 2 aromatic carbocycles. The molecule has 152 valence electrons. The molecule has 0 atom stereocenters. The van der Waals surface area contributed by atoms with Crippen LogP contribution in [0, 0.1) is 0 Å². The van der Waals surface area contributed by atoms with Crippen LogP contribution in [-0.2, 0) is 17.8 Å². The van der Waals surface area contributed by atoms with Crippen molar-refractivity contribution >= 4 is 5.91 Å². The van der Waals surface area contributed by atoms with Crippen LogP contribution in [0.5, 0.6) is 5.75 Å². The summed E-state index contributed by atoms with van der Waals surface area (Å²) in [6.45, 7) is 0.434. The van der Waals surface area contributed by atoms with Crippen LogP contribution in [0.3, 0.4) is 0 Å². The number of benzene rings is 2. The molecule has 0 fully saturated rings. The molecule has 8 nitrogen and oxygen atoms in total. The number of amides is 1. The Morgan fingerprint density at radius 2 is 2.00 bits per heavy atom. The van der Waals surface area contributed by atoms with Crippen molar-refractivity contribution < 1.29 is 13.9 Å². The van der Waals surface area contributed by atoms with Gasteiger partial charge in [0.15, 0.2) is 17.5 Å². The molecule has 1 amide bonds. The average molecular weight is 403 g/mol. The molecule has 4 rings (SSSR count). The van der Waals surface area contributed by atoms with E-state index in [1.807, 2.05) is 48.5 Å². The quantitative estimate of drug-likeness (QED) is 0.467. The topological polar surface area (TPSA) is 106 Å². The van der Waals surface area contributed by atoms with E-state index >= 15 is 0 Å². The first kappa shape index (κ1) is 19.4. The van der Waals surface area contributed by atoms with Gasteiger partial charge in [-0.25, -0.2) is 9.97 Å². The number of carbonyl (C=O) groups is 1. The molecule has 2 N–H and O–H groups in total. The monoisotopic (exact) mass is 403 g/mol. The molecule has 30 heavy (non-hydrogen) atoms. The Balaban J connectivity index is 1.28. The number of rotatable bonds is 8. The number of nitrogens with zero attached hydrogens (tertiary/aromatic N) is 3. The van der Waals surface area contributed by atoms with Crippen LogP contribution in [0.1, 0.15) is 17.9 Å². The highest BCUT2D eigenvalue weighted by Gasteiger charge is 2.10. The second-order valence-corrected chi connectivity index (χ2v) is 6.66. The van der Waals surface area contributed by atoms with E-state index in [0.29, 0.717) is 36.9 Å². The van der Waals surface area contributed by atoms with Gasteiger partial charge in [-0.05, 0) is 35.9 Å². The first-order valence-corrected chi connectivity index (χ1v) is 9.52. The zero-order valence-electron chi connectivity index (χ0n) is 16.5. The number of hydrogen-bond acceptors (Lipinski definition) is 6. The number of aryl methyl sites for hydroxylation is 1. The lowest BCUT2D eigenvalue weighted by Gasteiger charge is -2.06. The molecule has 4 aromatic rings. The second-order valence-electron chi connectivity index (χ2n) is 6.66. The minimum atomic E-state index is -0.0655. The first-order valence-electron chi connectivity index (χ1n) is 9.52. The number of carbonyl (C=O) groups excluding carboxylic acids is 1. The average Bonchev–Trinajstić information content (AvgIpc) is 3.49. The van der Waals surface area contributed by atoms with Crippen molar-refractivity contribution in [2.45, 2.75) is 19.4 Å². The van der Waals surface area contributed by atoms with Crippen molar-refractivity contribution in [2.75, 3.05) is 7.11 Å². The van der Waals surface area contributed by atoms with E-state index in [-0.39, 0.29) is 5.91 Å². The van der Waals surface area contributed by atoms with Gasteiger partial charge in [0, 0.05) is 30.5 Å². The van der Waals surface area contributed by atoms with E-state index in [9.17, 15) is 4.79 Å². The summed E-state index contributed by atoms with van der Waals surface area (Å²) in [5.74, 6) is 2.60. The molecule has 2 aromatic heterocycles. The Hall–Kier alpha value is -3.94. The van der Waals surface area contributed by atoms with E-state index in [2.05, 4.69) is 25.5 Å². The van der Waals surface area contributed by atoms with E-state index in [1.165, 1.54) is 6.33 Å². The van der Waals surface area contributed by atoms with Gasteiger partial charge >= 0.3 is 0 Å². The van der Waals surface area contributed by atoms with E-state index in [0.717, 1.165) is 22.4 Å². The van der Waals surface area contributed by atoms with Crippen LogP contribution < -0.4 is 10.1 Å². The smallest absolute Gasteiger partial charge is 0.220 e. The molecule has 0 radical (unpaired) electrons. The van der Waals surface area contributed by atoms with Gasteiger partial charge in [0.05, 0.1) is 13.3 Å². The maximum absolute atomic E-state index is 12.2. The maximum atomic E-state index is 12.2. The van der Waals surface area contributed by atoms with Crippen LogP contribution in [0.25, 0.3) is 22.7 Å². The molecular weight excluding hydrogens is 382 g/mol. The SMILES string of the molecule is COc1ccc(-c2cnc(CCC(=O)NCc3cccc(-c4ncn[nH]4)c3)o2)cc1. The van der Waals surface area contributed by atoms with Gasteiger partial charge in [-0.3, -0.25) is 9.89 Å². The summed E-state index contributed by atoms with van der Waals surface area (Å²) in [5, 5.41) is 9.61. The summed E-state index contributed by atoms with van der Waals surface area (Å²) in [5.41, 5.74) is 2.81. The fraction of sp³-hybridized carbons (Fsp3) is 0.182. The molecule has 0 aliphatic rings. The normalized spacial score (nSPS) is 10.7. The number of aromatic amines is 1. The zero-order chi connectivity index (χ0) is 20.8. The third-order valence-electron chi connectivity index (χ3n) is 4.60. The minimum Gasteiger partial charge on any atom is -0.497 e.